The molecule has 4 aromatic rings. The van der Waals surface area contributed by atoms with Crippen molar-refractivity contribution < 1.29 is 66.9 Å². The van der Waals surface area contributed by atoms with Gasteiger partial charge in [0.2, 0.25) is 0 Å². The van der Waals surface area contributed by atoms with E-state index < -0.39 is 61.2 Å². The lowest BCUT2D eigenvalue weighted by atomic mass is 9.97. The first kappa shape index (κ1) is 37.1. The van der Waals surface area contributed by atoms with Gasteiger partial charge in [0.05, 0.1) is 50.7 Å². The number of esters is 4. The molecule has 0 bridgehead atoms. The number of aliphatic hydroxyl groups is 1. The van der Waals surface area contributed by atoms with Gasteiger partial charge in [0.1, 0.15) is 35.7 Å². The lowest BCUT2D eigenvalue weighted by Gasteiger charge is -2.42. The van der Waals surface area contributed by atoms with E-state index in [2.05, 4.69) is 0 Å². The van der Waals surface area contributed by atoms with E-state index in [4.69, 9.17) is 42.6 Å². The highest BCUT2D eigenvalue weighted by Crippen LogP contribution is 2.31. The maximum atomic E-state index is 13.6. The molecular weight excluding hydrogens is 680 g/mol. The van der Waals surface area contributed by atoms with Gasteiger partial charge >= 0.3 is 23.9 Å². The molecule has 1 heterocycles. The second kappa shape index (κ2) is 17.2. The number of methoxy groups -OCH3 is 4. The second-order valence-corrected chi connectivity index (χ2v) is 11.2. The third-order valence-electron chi connectivity index (χ3n) is 8.02. The Morgan fingerprint density at radius 2 is 0.788 bits per heavy atom. The van der Waals surface area contributed by atoms with Gasteiger partial charge in [-0.3, -0.25) is 0 Å². The quantitative estimate of drug-likeness (QED) is 0.154. The molecule has 1 fully saturated rings. The van der Waals surface area contributed by atoms with Gasteiger partial charge in [-0.15, -0.1) is 0 Å². The van der Waals surface area contributed by atoms with Crippen molar-refractivity contribution in [3.05, 3.63) is 119 Å². The molecular formula is C38H36O14. The van der Waals surface area contributed by atoms with Crippen LogP contribution in [0, 0.1) is 0 Å². The van der Waals surface area contributed by atoms with Crippen molar-refractivity contribution in [3.63, 3.8) is 0 Å². The van der Waals surface area contributed by atoms with E-state index in [9.17, 15) is 24.3 Å². The van der Waals surface area contributed by atoms with Crippen molar-refractivity contribution in [3.8, 4) is 23.0 Å². The van der Waals surface area contributed by atoms with Gasteiger partial charge in [-0.2, -0.15) is 0 Å². The summed E-state index contributed by atoms with van der Waals surface area (Å²) in [5.74, 6) is -1.60. The lowest BCUT2D eigenvalue weighted by Crippen LogP contribution is -2.62. The number of aliphatic hydroxyl groups excluding tert-OH is 1. The molecule has 0 radical (unpaired) electrons. The van der Waals surface area contributed by atoms with Crippen LogP contribution in [0.2, 0.25) is 0 Å². The Balaban J connectivity index is 1.49. The van der Waals surface area contributed by atoms with Crippen LogP contribution in [0.5, 0.6) is 23.0 Å². The first-order valence-corrected chi connectivity index (χ1v) is 15.8. The van der Waals surface area contributed by atoms with Crippen molar-refractivity contribution in [2.75, 3.05) is 35.0 Å². The topological polar surface area (TPSA) is 172 Å². The van der Waals surface area contributed by atoms with Crippen LogP contribution in [0.25, 0.3) is 0 Å². The van der Waals surface area contributed by atoms with Gasteiger partial charge in [0, 0.05) is 0 Å². The summed E-state index contributed by atoms with van der Waals surface area (Å²) >= 11 is 0. The summed E-state index contributed by atoms with van der Waals surface area (Å²) < 4.78 is 49.4. The van der Waals surface area contributed by atoms with Gasteiger partial charge in [-0.1, -0.05) is 0 Å². The second-order valence-electron chi connectivity index (χ2n) is 11.2. The molecule has 52 heavy (non-hydrogen) atoms. The summed E-state index contributed by atoms with van der Waals surface area (Å²) in [5, 5.41) is 11.3. The van der Waals surface area contributed by atoms with Crippen LogP contribution >= 0.6 is 0 Å². The van der Waals surface area contributed by atoms with Crippen LogP contribution in [0.4, 0.5) is 0 Å². The Kier molecular flexibility index (Phi) is 12.3. The molecule has 0 amide bonds. The molecule has 0 spiro atoms. The van der Waals surface area contributed by atoms with Gasteiger partial charge in [0.15, 0.2) is 24.6 Å². The molecule has 1 aliphatic heterocycles. The largest absolute Gasteiger partial charge is 0.497 e. The van der Waals surface area contributed by atoms with E-state index >= 15 is 0 Å². The van der Waals surface area contributed by atoms with Gasteiger partial charge < -0.3 is 47.7 Å². The fourth-order valence-electron chi connectivity index (χ4n) is 5.16. The summed E-state index contributed by atoms with van der Waals surface area (Å²) in [4.78, 5) is 53.5. The van der Waals surface area contributed by atoms with E-state index in [1.54, 1.807) is 12.1 Å². The molecule has 5 rings (SSSR count). The van der Waals surface area contributed by atoms with E-state index in [1.165, 1.54) is 113 Å². The predicted molar refractivity (Wildman–Crippen MR) is 181 cm³/mol. The van der Waals surface area contributed by atoms with Crippen molar-refractivity contribution in [1.82, 2.24) is 0 Å². The van der Waals surface area contributed by atoms with Crippen LogP contribution in [0.3, 0.4) is 0 Å². The van der Waals surface area contributed by atoms with Crippen LogP contribution < -0.4 is 18.9 Å². The average Bonchev–Trinajstić information content (AvgIpc) is 3.19. The maximum absolute atomic E-state index is 13.6. The SMILES string of the molecule is COc1ccc(C(=O)OC[C@H]2O[C@H](O)[C@H](OC(=O)c3ccc(OC)cc3)[C@@H](OC(=O)c3ccc(OC)cc3)[C@@H]2OC(=O)c2ccc(OC)cc2)cc1. The molecule has 1 N–H and O–H groups in total. The number of rotatable bonds is 13. The number of ether oxygens (including phenoxy) is 9. The van der Waals surface area contributed by atoms with E-state index in [0.29, 0.717) is 23.0 Å². The molecule has 5 atom stereocenters. The standard InChI is InChI=1S/C38H36O14/c1-44-26-13-5-22(6-14-26)34(39)48-21-30-31(50-35(40)23-7-15-27(45-2)16-8-23)32(51-36(41)24-9-17-28(46-3)18-10-24)33(38(43)49-30)52-37(42)25-11-19-29(47-4)20-12-25/h5-20,30-33,38,43H,21H2,1-4H3/t30-,31-,32+,33-,38+/m1/s1. The van der Waals surface area contributed by atoms with Crippen molar-refractivity contribution in [2.45, 2.75) is 30.7 Å². The Bertz CT molecular complexity index is 1820. The number of hydrogen-bond acceptors (Lipinski definition) is 14. The number of benzene rings is 4. The Labute approximate surface area is 298 Å². The van der Waals surface area contributed by atoms with E-state index in [0.717, 1.165) is 0 Å². The predicted octanol–water partition coefficient (Wildman–Crippen LogP) is 4.27. The van der Waals surface area contributed by atoms with Gasteiger partial charge in [0.25, 0.3) is 0 Å². The third kappa shape index (κ3) is 8.96. The monoisotopic (exact) mass is 716 g/mol. The minimum atomic E-state index is -1.95. The maximum Gasteiger partial charge on any atom is 0.338 e. The molecule has 14 nitrogen and oxygen atoms in total. The fraction of sp³-hybridized carbons (Fsp3) is 0.263. The smallest absolute Gasteiger partial charge is 0.338 e. The highest BCUT2D eigenvalue weighted by atomic mass is 16.7. The minimum Gasteiger partial charge on any atom is -0.497 e. The third-order valence-corrected chi connectivity index (χ3v) is 8.02. The molecule has 14 heteroatoms. The Hall–Kier alpha value is -6.12. The summed E-state index contributed by atoms with van der Waals surface area (Å²) in [6.07, 6.45) is -8.40. The number of carbonyl (C=O) groups is 4. The summed E-state index contributed by atoms with van der Waals surface area (Å²) in [6, 6.07) is 23.9. The molecule has 1 aliphatic rings. The molecule has 0 unspecified atom stereocenters. The lowest BCUT2D eigenvalue weighted by molar-refractivity contribution is -0.284. The van der Waals surface area contributed by atoms with Crippen LogP contribution in [0.15, 0.2) is 97.1 Å². The van der Waals surface area contributed by atoms with Crippen molar-refractivity contribution in [2.24, 2.45) is 0 Å². The average molecular weight is 717 g/mol. The zero-order valence-corrected chi connectivity index (χ0v) is 28.6. The zero-order valence-electron chi connectivity index (χ0n) is 28.6. The fourth-order valence-corrected chi connectivity index (χ4v) is 5.16. The van der Waals surface area contributed by atoms with Crippen LogP contribution in [0.1, 0.15) is 41.4 Å². The molecule has 0 saturated carbocycles. The highest BCUT2D eigenvalue weighted by Gasteiger charge is 2.52. The van der Waals surface area contributed by atoms with E-state index in [1.807, 2.05) is 0 Å². The Morgan fingerprint density at radius 3 is 1.13 bits per heavy atom. The highest BCUT2D eigenvalue weighted by molar-refractivity contribution is 5.92. The zero-order chi connectivity index (χ0) is 37.2. The summed E-state index contributed by atoms with van der Waals surface area (Å²) in [7, 11) is 5.86. The molecule has 1 saturated heterocycles. The molecule has 4 aromatic carbocycles. The van der Waals surface area contributed by atoms with Crippen LogP contribution in [-0.4, -0.2) is 94.7 Å². The van der Waals surface area contributed by atoms with Crippen molar-refractivity contribution >= 4 is 23.9 Å². The van der Waals surface area contributed by atoms with Gasteiger partial charge in [-0.05, 0) is 97.1 Å². The summed E-state index contributed by atoms with van der Waals surface area (Å²) in [6.45, 7) is -0.585. The number of carbonyl (C=O) groups excluding carboxylic acids is 4. The number of hydrogen-bond donors (Lipinski definition) is 1. The van der Waals surface area contributed by atoms with Gasteiger partial charge in [-0.25, -0.2) is 19.2 Å². The van der Waals surface area contributed by atoms with Crippen LogP contribution in [-0.2, 0) is 23.7 Å². The summed E-state index contributed by atoms with van der Waals surface area (Å²) in [5.41, 5.74) is 0.367. The van der Waals surface area contributed by atoms with E-state index in [-0.39, 0.29) is 22.3 Å². The molecule has 0 aliphatic carbocycles. The minimum absolute atomic E-state index is 0.0599. The molecule has 0 aromatic heterocycles. The normalized spacial score (nSPS) is 19.4. The Morgan fingerprint density at radius 1 is 0.481 bits per heavy atom. The first-order chi connectivity index (χ1) is 25.1. The molecule has 272 valence electrons. The van der Waals surface area contributed by atoms with Crippen molar-refractivity contribution in [1.29, 1.82) is 0 Å². The first-order valence-electron chi connectivity index (χ1n) is 15.8.